The average molecular weight is 469 g/mol. The molecule has 1 saturated heterocycles. The maximum atomic E-state index is 13.8. The number of hydrogen-bond donors (Lipinski definition) is 3. The summed E-state index contributed by atoms with van der Waals surface area (Å²) in [6.45, 7) is 7.77. The number of phenolic OH excluding ortho intramolecular Hbond substituents is 1. The van der Waals surface area contributed by atoms with E-state index < -0.39 is 6.04 Å². The molecule has 6 heteroatoms. The number of fused-ring (bicyclic) bond motifs is 1. The zero-order chi connectivity index (χ0) is 24.5. The number of aromatic hydroxyl groups is 1. The highest BCUT2D eigenvalue weighted by Crippen LogP contribution is 2.41. The zero-order valence-corrected chi connectivity index (χ0v) is 20.5. The number of carbonyl (C=O) groups is 1. The van der Waals surface area contributed by atoms with E-state index in [1.54, 1.807) is 18.5 Å². The topological polar surface area (TPSA) is 77.0 Å². The molecule has 35 heavy (non-hydrogen) atoms. The van der Waals surface area contributed by atoms with Gasteiger partial charge in [0, 0.05) is 23.8 Å². The highest BCUT2D eigenvalue weighted by Gasteiger charge is 2.33. The van der Waals surface area contributed by atoms with Crippen LogP contribution in [0.5, 0.6) is 5.75 Å². The van der Waals surface area contributed by atoms with Crippen molar-refractivity contribution in [2.75, 3.05) is 18.0 Å². The number of amides is 1. The number of benzene rings is 3. The van der Waals surface area contributed by atoms with Crippen LogP contribution in [-0.2, 0) is 4.79 Å². The third-order valence-electron chi connectivity index (χ3n) is 6.86. The Labute approximate surface area is 206 Å². The lowest BCUT2D eigenvalue weighted by atomic mass is 9.91. The fraction of sp³-hybridized carbons (Fsp3) is 0.310. The lowest BCUT2D eigenvalue weighted by Crippen LogP contribution is -2.45. The second kappa shape index (κ2) is 9.55. The maximum absolute atomic E-state index is 13.8. The van der Waals surface area contributed by atoms with Gasteiger partial charge in [0.15, 0.2) is 0 Å². The Morgan fingerprint density at radius 1 is 1.11 bits per heavy atom. The average Bonchev–Trinajstić information content (AvgIpc) is 3.34. The van der Waals surface area contributed by atoms with Gasteiger partial charge in [-0.3, -0.25) is 4.79 Å². The Kier molecular flexibility index (Phi) is 6.31. The van der Waals surface area contributed by atoms with Gasteiger partial charge in [0.05, 0.1) is 12.0 Å². The molecule has 1 amide bonds. The summed E-state index contributed by atoms with van der Waals surface area (Å²) in [7, 11) is 0. The van der Waals surface area contributed by atoms with Gasteiger partial charge in [-0.15, -0.1) is 0 Å². The number of rotatable bonds is 5. The van der Waals surface area contributed by atoms with Crippen LogP contribution >= 0.6 is 0 Å². The molecule has 0 aliphatic carbocycles. The van der Waals surface area contributed by atoms with Crippen molar-refractivity contribution in [3.8, 4) is 16.9 Å². The number of anilines is 1. The fourth-order valence-electron chi connectivity index (χ4n) is 5.20. The molecule has 3 N–H and O–H groups in total. The molecule has 2 heterocycles. The van der Waals surface area contributed by atoms with E-state index in [-0.39, 0.29) is 11.7 Å². The molecule has 1 unspecified atom stereocenters. The normalized spacial score (nSPS) is 19.0. The monoisotopic (exact) mass is 468 g/mol. The van der Waals surface area contributed by atoms with Crippen molar-refractivity contribution >= 4 is 23.6 Å². The van der Waals surface area contributed by atoms with Crippen LogP contribution in [0.4, 0.5) is 11.4 Å². The minimum Gasteiger partial charge on any atom is -0.508 e. The first-order valence-corrected chi connectivity index (χ1v) is 12.2. The molecular weight excluding hydrogens is 436 g/mol. The summed E-state index contributed by atoms with van der Waals surface area (Å²) >= 11 is 0. The summed E-state index contributed by atoms with van der Waals surface area (Å²) < 4.78 is 0. The van der Waals surface area contributed by atoms with Crippen molar-refractivity contribution in [3.05, 3.63) is 76.9 Å². The number of phenols is 1. The van der Waals surface area contributed by atoms with E-state index in [0.717, 1.165) is 64.1 Å². The number of aryl methyl sites for hydroxylation is 3. The SMILES string of the molecule is Cc1cc(C)cc(N2C=Nc3cc(C)c(-c4cccc(O)c4)cc3C2C(=O)NC[C@@H]2CCCN2)c1. The van der Waals surface area contributed by atoms with E-state index in [1.807, 2.05) is 30.0 Å². The van der Waals surface area contributed by atoms with Crippen molar-refractivity contribution in [1.82, 2.24) is 10.6 Å². The van der Waals surface area contributed by atoms with Gasteiger partial charge in [0.25, 0.3) is 0 Å². The van der Waals surface area contributed by atoms with Gasteiger partial charge in [0.2, 0.25) is 5.91 Å². The van der Waals surface area contributed by atoms with Crippen LogP contribution in [0.2, 0.25) is 0 Å². The molecule has 0 aromatic heterocycles. The quantitative estimate of drug-likeness (QED) is 0.488. The minimum absolute atomic E-state index is 0.0454. The smallest absolute Gasteiger partial charge is 0.247 e. The van der Waals surface area contributed by atoms with Crippen molar-refractivity contribution in [1.29, 1.82) is 0 Å². The first-order valence-electron chi connectivity index (χ1n) is 12.2. The molecule has 2 atom stereocenters. The zero-order valence-electron chi connectivity index (χ0n) is 20.5. The van der Waals surface area contributed by atoms with E-state index >= 15 is 0 Å². The van der Waals surface area contributed by atoms with Gasteiger partial charge in [-0.05, 0) is 104 Å². The Balaban J connectivity index is 1.58. The van der Waals surface area contributed by atoms with Crippen molar-refractivity contribution in [2.24, 2.45) is 4.99 Å². The molecule has 0 radical (unpaired) electrons. The van der Waals surface area contributed by atoms with Gasteiger partial charge in [-0.1, -0.05) is 18.2 Å². The van der Waals surface area contributed by atoms with Crippen molar-refractivity contribution < 1.29 is 9.90 Å². The van der Waals surface area contributed by atoms with Crippen LogP contribution in [0.25, 0.3) is 11.1 Å². The minimum atomic E-state index is -0.554. The van der Waals surface area contributed by atoms with E-state index in [0.29, 0.717) is 12.6 Å². The molecule has 5 rings (SSSR count). The standard InChI is InChI=1S/C29H32N4O2/c1-18-10-19(2)12-23(11-18)33-17-32-27-13-20(3)25(21-6-4-8-24(34)14-21)15-26(27)28(33)29(35)31-16-22-7-5-9-30-22/h4,6,8,10-15,17,22,28,30,34H,5,7,9,16H2,1-3H3,(H,31,35)/t22-,28?/m0/s1. The van der Waals surface area contributed by atoms with E-state index in [9.17, 15) is 9.90 Å². The van der Waals surface area contributed by atoms with Gasteiger partial charge in [-0.25, -0.2) is 4.99 Å². The molecular formula is C29H32N4O2. The second-order valence-electron chi connectivity index (χ2n) is 9.71. The number of aliphatic imine (C=N–C) groups is 1. The summed E-state index contributed by atoms with van der Waals surface area (Å²) in [5.41, 5.74) is 7.80. The lowest BCUT2D eigenvalue weighted by Gasteiger charge is -2.34. The van der Waals surface area contributed by atoms with E-state index in [2.05, 4.69) is 48.7 Å². The first-order chi connectivity index (χ1) is 16.9. The Morgan fingerprint density at radius 2 is 1.91 bits per heavy atom. The Bertz CT molecular complexity index is 1270. The van der Waals surface area contributed by atoms with Crippen LogP contribution in [0, 0.1) is 20.8 Å². The third-order valence-corrected chi connectivity index (χ3v) is 6.86. The first kappa shape index (κ1) is 23.1. The van der Waals surface area contributed by atoms with Crippen LogP contribution in [-0.4, -0.2) is 36.5 Å². The van der Waals surface area contributed by atoms with Gasteiger partial charge >= 0.3 is 0 Å². The molecule has 2 aliphatic heterocycles. The predicted octanol–water partition coefficient (Wildman–Crippen LogP) is 5.07. The molecule has 0 spiro atoms. The summed E-state index contributed by atoms with van der Waals surface area (Å²) in [6.07, 6.45) is 3.99. The van der Waals surface area contributed by atoms with E-state index in [4.69, 9.17) is 4.99 Å². The van der Waals surface area contributed by atoms with Crippen LogP contribution in [0.15, 0.2) is 59.6 Å². The molecule has 0 bridgehead atoms. The summed E-state index contributed by atoms with van der Waals surface area (Å²) in [4.78, 5) is 20.5. The Morgan fingerprint density at radius 3 is 2.63 bits per heavy atom. The van der Waals surface area contributed by atoms with Gasteiger partial charge in [-0.2, -0.15) is 0 Å². The van der Waals surface area contributed by atoms with Gasteiger partial charge < -0.3 is 20.6 Å². The third kappa shape index (κ3) is 4.80. The van der Waals surface area contributed by atoms with Crippen molar-refractivity contribution in [3.63, 3.8) is 0 Å². The lowest BCUT2D eigenvalue weighted by molar-refractivity contribution is -0.122. The summed E-state index contributed by atoms with van der Waals surface area (Å²) in [6, 6.07) is 17.4. The van der Waals surface area contributed by atoms with Crippen LogP contribution in [0.3, 0.4) is 0 Å². The highest BCUT2D eigenvalue weighted by atomic mass is 16.3. The van der Waals surface area contributed by atoms with Crippen LogP contribution < -0.4 is 15.5 Å². The number of nitrogens with zero attached hydrogens (tertiary/aromatic N) is 2. The molecule has 1 fully saturated rings. The number of nitrogens with one attached hydrogen (secondary N) is 2. The highest BCUT2D eigenvalue weighted by molar-refractivity contribution is 5.99. The molecule has 2 aliphatic rings. The molecule has 6 nitrogen and oxygen atoms in total. The fourth-order valence-corrected chi connectivity index (χ4v) is 5.20. The molecule has 3 aromatic rings. The molecule has 180 valence electrons. The number of hydrogen-bond acceptors (Lipinski definition) is 5. The maximum Gasteiger partial charge on any atom is 0.247 e. The van der Waals surface area contributed by atoms with Gasteiger partial charge in [0.1, 0.15) is 11.8 Å². The summed E-state index contributed by atoms with van der Waals surface area (Å²) in [5, 5.41) is 16.7. The predicted molar refractivity (Wildman–Crippen MR) is 142 cm³/mol. The largest absolute Gasteiger partial charge is 0.508 e. The Hall–Kier alpha value is -3.64. The molecule has 0 saturated carbocycles. The van der Waals surface area contributed by atoms with Crippen molar-refractivity contribution in [2.45, 2.75) is 45.7 Å². The summed E-state index contributed by atoms with van der Waals surface area (Å²) in [5.74, 6) is 0.170. The van der Waals surface area contributed by atoms with Crippen LogP contribution in [0.1, 0.15) is 41.1 Å². The molecule has 3 aromatic carbocycles. The van der Waals surface area contributed by atoms with E-state index in [1.165, 1.54) is 0 Å². The second-order valence-corrected chi connectivity index (χ2v) is 9.71. The number of carbonyl (C=O) groups excluding carboxylic acids is 1.